The van der Waals surface area contributed by atoms with Gasteiger partial charge in [-0.2, -0.15) is 0 Å². The molecule has 0 amide bonds. The van der Waals surface area contributed by atoms with Gasteiger partial charge in [0.2, 0.25) is 0 Å². The smallest absolute Gasteiger partial charge is 0.0412 e. The van der Waals surface area contributed by atoms with Gasteiger partial charge in [0, 0.05) is 0 Å². The van der Waals surface area contributed by atoms with E-state index in [4.69, 9.17) is 0 Å². The highest BCUT2D eigenvalue weighted by Crippen LogP contribution is 2.31. The van der Waals surface area contributed by atoms with Gasteiger partial charge in [-0.1, -0.05) is 46.0 Å². The van der Waals surface area contributed by atoms with E-state index in [-0.39, 0.29) is 0 Å². The van der Waals surface area contributed by atoms with E-state index in [0.29, 0.717) is 0 Å². The van der Waals surface area contributed by atoms with Crippen LogP contribution in [0, 0.1) is 11.8 Å². The zero-order valence-corrected chi connectivity index (χ0v) is 7.40. The summed E-state index contributed by atoms with van der Waals surface area (Å²) in [5.41, 5.74) is 0. The van der Waals surface area contributed by atoms with Crippen LogP contribution in [0.1, 0.15) is 52.4 Å². The minimum Gasteiger partial charge on any atom is -0.0654 e. The maximum absolute atomic E-state index is 2.40. The Labute approximate surface area is 65.0 Å². The molecule has 10 heavy (non-hydrogen) atoms. The molecule has 0 aliphatic heterocycles. The van der Waals surface area contributed by atoms with Gasteiger partial charge >= 0.3 is 0 Å². The van der Waals surface area contributed by atoms with E-state index in [9.17, 15) is 0 Å². The summed E-state index contributed by atoms with van der Waals surface area (Å²) in [7, 11) is 0. The van der Waals surface area contributed by atoms with Gasteiger partial charge in [0.15, 0.2) is 0 Å². The molecule has 0 aromatic heterocycles. The number of hydrogen-bond donors (Lipinski definition) is 0. The second-order valence-corrected chi connectivity index (χ2v) is 3.93. The molecule has 0 saturated heterocycles. The molecular formula is C10H20. The van der Waals surface area contributed by atoms with Gasteiger partial charge in [-0.05, 0) is 18.3 Å². The van der Waals surface area contributed by atoms with Gasteiger partial charge < -0.3 is 0 Å². The molecule has 0 bridgehead atoms. The summed E-state index contributed by atoms with van der Waals surface area (Å²) in [4.78, 5) is 0. The van der Waals surface area contributed by atoms with Crippen LogP contribution < -0.4 is 0 Å². The van der Waals surface area contributed by atoms with Crippen molar-refractivity contribution < 1.29 is 0 Å². The van der Waals surface area contributed by atoms with Crippen LogP contribution in [0.15, 0.2) is 0 Å². The van der Waals surface area contributed by atoms with Gasteiger partial charge in [0.1, 0.15) is 0 Å². The Morgan fingerprint density at radius 3 is 2.70 bits per heavy atom. The summed E-state index contributed by atoms with van der Waals surface area (Å²) in [6.07, 6.45) is 8.86. The molecule has 1 aliphatic carbocycles. The van der Waals surface area contributed by atoms with Crippen molar-refractivity contribution in [2.75, 3.05) is 0 Å². The first-order valence-electron chi connectivity index (χ1n) is 4.83. The fourth-order valence-electron chi connectivity index (χ4n) is 2.23. The predicted octanol–water partition coefficient (Wildman–Crippen LogP) is 3.61. The van der Waals surface area contributed by atoms with Gasteiger partial charge in [0.25, 0.3) is 0 Å². The maximum atomic E-state index is 2.40. The van der Waals surface area contributed by atoms with Gasteiger partial charge in [0.05, 0.1) is 0 Å². The zero-order chi connectivity index (χ0) is 7.40. The molecule has 1 fully saturated rings. The largest absolute Gasteiger partial charge is 0.0654 e. The minimum atomic E-state index is 1.02. The Morgan fingerprint density at radius 1 is 1.30 bits per heavy atom. The van der Waals surface area contributed by atoms with Crippen molar-refractivity contribution in [1.29, 1.82) is 0 Å². The summed E-state index contributed by atoms with van der Waals surface area (Å²) in [6, 6.07) is 0. The summed E-state index contributed by atoms with van der Waals surface area (Å²) in [5.74, 6) is 2.10. The Kier molecular flexibility index (Phi) is 3.24. The molecule has 0 heteroatoms. The second kappa shape index (κ2) is 4.00. The van der Waals surface area contributed by atoms with Crippen molar-refractivity contribution in [3.8, 4) is 0 Å². The summed E-state index contributed by atoms with van der Waals surface area (Å²) < 4.78 is 0. The molecule has 0 N–H and O–H groups in total. The molecule has 0 heterocycles. The van der Waals surface area contributed by atoms with Gasteiger partial charge in [-0.3, -0.25) is 0 Å². The van der Waals surface area contributed by atoms with Crippen LogP contribution in [0.2, 0.25) is 0 Å². The van der Waals surface area contributed by atoms with Crippen molar-refractivity contribution in [3.63, 3.8) is 0 Å². The molecule has 1 rings (SSSR count). The van der Waals surface area contributed by atoms with Crippen molar-refractivity contribution >= 4 is 0 Å². The molecule has 0 spiro atoms. The summed E-state index contributed by atoms with van der Waals surface area (Å²) in [5, 5.41) is 0. The van der Waals surface area contributed by atoms with E-state index in [1.54, 1.807) is 0 Å². The topological polar surface area (TPSA) is 0 Å². The van der Waals surface area contributed by atoms with Crippen molar-refractivity contribution in [2.24, 2.45) is 11.8 Å². The Morgan fingerprint density at radius 2 is 2.10 bits per heavy atom. The van der Waals surface area contributed by atoms with E-state index in [1.165, 1.54) is 38.5 Å². The summed E-state index contributed by atoms with van der Waals surface area (Å²) >= 11 is 0. The van der Waals surface area contributed by atoms with Gasteiger partial charge in [-0.15, -0.1) is 0 Å². The first-order chi connectivity index (χ1) is 4.83. The third-order valence-electron chi connectivity index (χ3n) is 2.74. The number of hydrogen-bond acceptors (Lipinski definition) is 0. The van der Waals surface area contributed by atoms with E-state index in [2.05, 4.69) is 13.8 Å². The highest BCUT2D eigenvalue weighted by atomic mass is 14.2. The Balaban J connectivity index is 2.18. The zero-order valence-electron chi connectivity index (χ0n) is 7.40. The molecule has 0 aromatic carbocycles. The van der Waals surface area contributed by atoms with E-state index in [1.807, 2.05) is 0 Å². The number of rotatable bonds is 2. The second-order valence-electron chi connectivity index (χ2n) is 3.93. The van der Waals surface area contributed by atoms with Gasteiger partial charge in [-0.25, -0.2) is 0 Å². The van der Waals surface area contributed by atoms with Crippen molar-refractivity contribution in [2.45, 2.75) is 52.4 Å². The predicted molar refractivity (Wildman–Crippen MR) is 46.0 cm³/mol. The van der Waals surface area contributed by atoms with Crippen LogP contribution in [0.25, 0.3) is 0 Å². The highest BCUT2D eigenvalue weighted by molar-refractivity contribution is 4.69. The normalized spacial score (nSPS) is 34.2. The molecule has 2 atom stereocenters. The lowest BCUT2D eigenvalue weighted by atomic mass is 9.80. The molecule has 2 unspecified atom stereocenters. The third kappa shape index (κ3) is 2.32. The van der Waals surface area contributed by atoms with Crippen LogP contribution in [0.4, 0.5) is 0 Å². The SMILES string of the molecule is CCCC1CCCC(C)C1. The average Bonchev–Trinajstić information content (AvgIpc) is 1.88. The first-order valence-corrected chi connectivity index (χ1v) is 4.83. The Hall–Kier alpha value is 0. The molecule has 0 radical (unpaired) electrons. The lowest BCUT2D eigenvalue weighted by Gasteiger charge is -2.26. The highest BCUT2D eigenvalue weighted by Gasteiger charge is 2.17. The first kappa shape index (κ1) is 8.10. The molecule has 1 saturated carbocycles. The van der Waals surface area contributed by atoms with Crippen LogP contribution >= 0.6 is 0 Å². The van der Waals surface area contributed by atoms with Crippen molar-refractivity contribution in [3.05, 3.63) is 0 Å². The van der Waals surface area contributed by atoms with E-state index < -0.39 is 0 Å². The quantitative estimate of drug-likeness (QED) is 0.549. The van der Waals surface area contributed by atoms with Crippen molar-refractivity contribution in [1.82, 2.24) is 0 Å². The van der Waals surface area contributed by atoms with Crippen LogP contribution in [0.3, 0.4) is 0 Å². The molecule has 60 valence electrons. The van der Waals surface area contributed by atoms with Crippen LogP contribution in [-0.4, -0.2) is 0 Å². The summed E-state index contributed by atoms with van der Waals surface area (Å²) in [6.45, 7) is 4.71. The van der Waals surface area contributed by atoms with E-state index >= 15 is 0 Å². The van der Waals surface area contributed by atoms with Crippen LogP contribution in [0.5, 0.6) is 0 Å². The lowest BCUT2D eigenvalue weighted by Crippen LogP contribution is -2.12. The fraction of sp³-hybridized carbons (Fsp3) is 1.00. The molecule has 0 nitrogen and oxygen atoms in total. The third-order valence-corrected chi connectivity index (χ3v) is 2.74. The van der Waals surface area contributed by atoms with Crippen LogP contribution in [-0.2, 0) is 0 Å². The Bertz CT molecular complexity index is 84.0. The van der Waals surface area contributed by atoms with E-state index in [0.717, 1.165) is 11.8 Å². The maximum Gasteiger partial charge on any atom is -0.0412 e. The fourth-order valence-corrected chi connectivity index (χ4v) is 2.23. The molecular weight excluding hydrogens is 120 g/mol. The molecule has 1 aliphatic rings. The standard InChI is InChI=1S/C10H20/c1-3-5-10-7-4-6-9(2)8-10/h9-10H,3-8H2,1-2H3. The monoisotopic (exact) mass is 140 g/mol. The molecule has 0 aromatic rings. The average molecular weight is 140 g/mol. The minimum absolute atomic E-state index is 1.02. The lowest BCUT2D eigenvalue weighted by molar-refractivity contribution is 0.268.